The lowest BCUT2D eigenvalue weighted by Crippen LogP contribution is -2.66. The van der Waals surface area contributed by atoms with E-state index in [4.69, 9.17) is 10.9 Å². The van der Waals surface area contributed by atoms with Crippen LogP contribution in [0.4, 0.5) is 11.8 Å². The molecule has 0 bridgehead atoms. The second-order valence-electron chi connectivity index (χ2n) is 6.08. The molecular weight excluding hydrogens is 288 g/mol. The average Bonchev–Trinajstić information content (AvgIpc) is 2.82. The van der Waals surface area contributed by atoms with Crippen molar-refractivity contribution < 1.29 is 0 Å². The van der Waals surface area contributed by atoms with Crippen LogP contribution in [0.15, 0.2) is 6.33 Å². The highest BCUT2D eigenvalue weighted by molar-refractivity contribution is 7.94. The minimum atomic E-state index is 0.274. The monoisotopic (exact) mass is 306 g/mol. The lowest BCUT2D eigenvalue weighted by atomic mass is 9.60. The van der Waals surface area contributed by atoms with Crippen LogP contribution in [0.5, 0.6) is 0 Å². The van der Waals surface area contributed by atoms with Gasteiger partial charge in [0.15, 0.2) is 11.5 Å². The summed E-state index contributed by atoms with van der Waals surface area (Å²) in [5.74, 6) is 1.14. The van der Waals surface area contributed by atoms with E-state index < -0.39 is 0 Å². The highest BCUT2D eigenvalue weighted by Crippen LogP contribution is 2.51. The topological polar surface area (TPSA) is 113 Å². The van der Waals surface area contributed by atoms with Gasteiger partial charge in [-0.15, -0.1) is 0 Å². The number of hydrogen-bond acceptors (Lipinski definition) is 8. The summed E-state index contributed by atoms with van der Waals surface area (Å²) in [5.41, 5.74) is 7.68. The Bertz CT molecular complexity index is 671. The van der Waals surface area contributed by atoms with Gasteiger partial charge in [-0.3, -0.25) is 5.14 Å². The summed E-state index contributed by atoms with van der Waals surface area (Å²) in [5, 5.41) is 5.61. The van der Waals surface area contributed by atoms with Crippen LogP contribution in [0, 0.1) is 5.41 Å². The number of hydrogen-bond donors (Lipinski definition) is 3. The van der Waals surface area contributed by atoms with Crippen molar-refractivity contribution in [2.75, 3.05) is 30.8 Å². The third kappa shape index (κ3) is 1.95. The molecule has 8 nitrogen and oxygen atoms in total. The van der Waals surface area contributed by atoms with Crippen molar-refractivity contribution in [1.29, 1.82) is 0 Å². The minimum Gasteiger partial charge on any atom is -0.368 e. The quantitative estimate of drug-likeness (QED) is 0.697. The maximum Gasteiger partial charge on any atom is 0.224 e. The van der Waals surface area contributed by atoms with Gasteiger partial charge in [0.25, 0.3) is 0 Å². The van der Waals surface area contributed by atoms with Crippen molar-refractivity contribution in [2.24, 2.45) is 10.6 Å². The number of H-pyrrole nitrogens is 1. The predicted octanol–water partition coefficient (Wildman–Crippen LogP) is 0.358. The Labute approximate surface area is 126 Å². The van der Waals surface area contributed by atoms with Gasteiger partial charge >= 0.3 is 0 Å². The molecule has 5 N–H and O–H groups in total. The van der Waals surface area contributed by atoms with Gasteiger partial charge < -0.3 is 15.6 Å². The van der Waals surface area contributed by atoms with Gasteiger partial charge in [-0.05, 0) is 19.9 Å². The normalized spacial score (nSPS) is 21.0. The highest BCUT2D eigenvalue weighted by Gasteiger charge is 2.54. The van der Waals surface area contributed by atoms with E-state index in [-0.39, 0.29) is 5.95 Å². The fraction of sp³-hybridized carbons (Fsp3) is 0.583. The molecule has 21 heavy (non-hydrogen) atoms. The van der Waals surface area contributed by atoms with E-state index in [9.17, 15) is 0 Å². The summed E-state index contributed by atoms with van der Waals surface area (Å²) >= 11 is 1.32. The second kappa shape index (κ2) is 4.46. The van der Waals surface area contributed by atoms with E-state index in [1.54, 1.807) is 6.33 Å². The average molecular weight is 306 g/mol. The molecule has 0 unspecified atom stereocenters. The van der Waals surface area contributed by atoms with Crippen LogP contribution in [0.3, 0.4) is 0 Å². The Morgan fingerprint density at radius 1 is 1.43 bits per heavy atom. The van der Waals surface area contributed by atoms with Gasteiger partial charge in [-0.25, -0.2) is 9.29 Å². The Balaban J connectivity index is 1.49. The van der Waals surface area contributed by atoms with Crippen LogP contribution in [0.2, 0.25) is 0 Å². The van der Waals surface area contributed by atoms with Gasteiger partial charge in [-0.2, -0.15) is 9.97 Å². The Morgan fingerprint density at radius 2 is 2.19 bits per heavy atom. The molecule has 2 aliphatic rings. The van der Waals surface area contributed by atoms with Crippen LogP contribution in [-0.2, 0) is 0 Å². The van der Waals surface area contributed by atoms with Crippen LogP contribution in [-0.4, -0.2) is 50.4 Å². The van der Waals surface area contributed by atoms with Crippen molar-refractivity contribution in [3.63, 3.8) is 0 Å². The SMILES string of the molecule is CN(SN)C1CC2(C1)CN(c1nc(N)nc3nc[nH]c13)C2. The van der Waals surface area contributed by atoms with Gasteiger partial charge in [-0.1, -0.05) is 0 Å². The van der Waals surface area contributed by atoms with Crippen LogP contribution in [0.25, 0.3) is 11.2 Å². The summed E-state index contributed by atoms with van der Waals surface area (Å²) in [6.45, 7) is 2.02. The number of fused-ring (bicyclic) bond motifs is 1. The third-order valence-corrected chi connectivity index (χ3v) is 5.28. The predicted molar refractivity (Wildman–Crippen MR) is 83.3 cm³/mol. The summed E-state index contributed by atoms with van der Waals surface area (Å²) in [4.78, 5) is 18.0. The first-order valence-electron chi connectivity index (χ1n) is 6.91. The van der Waals surface area contributed by atoms with E-state index in [1.165, 1.54) is 25.0 Å². The molecule has 1 saturated carbocycles. The van der Waals surface area contributed by atoms with Crippen LogP contribution >= 0.6 is 12.1 Å². The number of nitrogens with one attached hydrogen (secondary N) is 1. The second-order valence-corrected chi connectivity index (χ2v) is 6.86. The summed E-state index contributed by atoms with van der Waals surface area (Å²) in [6.07, 6.45) is 4.01. The molecule has 0 radical (unpaired) electrons. The van der Waals surface area contributed by atoms with E-state index in [2.05, 4.69) is 36.2 Å². The van der Waals surface area contributed by atoms with Gasteiger partial charge in [0.05, 0.1) is 6.33 Å². The van der Waals surface area contributed by atoms with E-state index in [0.717, 1.165) is 24.4 Å². The molecule has 0 aromatic carbocycles. The zero-order valence-electron chi connectivity index (χ0n) is 11.8. The Hall–Kier alpha value is -1.58. The molecule has 0 amide bonds. The fourth-order valence-electron chi connectivity index (χ4n) is 3.52. The molecule has 112 valence electrons. The van der Waals surface area contributed by atoms with Gasteiger partial charge in [0, 0.05) is 36.7 Å². The van der Waals surface area contributed by atoms with Crippen molar-refractivity contribution in [2.45, 2.75) is 18.9 Å². The molecule has 1 aliphatic heterocycles. The molecule has 9 heteroatoms. The summed E-state index contributed by atoms with van der Waals surface area (Å²) in [7, 11) is 2.05. The number of anilines is 2. The number of nitrogen functional groups attached to an aromatic ring is 1. The maximum atomic E-state index is 5.77. The first-order chi connectivity index (χ1) is 10.1. The number of imidazole rings is 1. The lowest BCUT2D eigenvalue weighted by Gasteiger charge is -2.60. The molecule has 1 spiro atoms. The number of aromatic nitrogens is 4. The number of nitrogens with zero attached hydrogens (tertiary/aromatic N) is 5. The molecular formula is C12H18N8S. The Kier molecular flexibility index (Phi) is 2.78. The molecule has 1 saturated heterocycles. The van der Waals surface area contributed by atoms with Crippen molar-refractivity contribution in [3.05, 3.63) is 6.33 Å². The van der Waals surface area contributed by atoms with Crippen molar-refractivity contribution in [3.8, 4) is 0 Å². The smallest absolute Gasteiger partial charge is 0.224 e. The van der Waals surface area contributed by atoms with E-state index in [0.29, 0.717) is 17.1 Å². The molecule has 4 rings (SSSR count). The fourth-order valence-corrected chi connectivity index (χ4v) is 3.84. The minimum absolute atomic E-state index is 0.274. The number of nitrogens with two attached hydrogens (primary N) is 2. The molecule has 3 heterocycles. The molecule has 1 aliphatic carbocycles. The molecule has 0 atom stereocenters. The maximum absolute atomic E-state index is 5.77. The first-order valence-corrected chi connectivity index (χ1v) is 7.75. The highest BCUT2D eigenvalue weighted by atomic mass is 32.2. The zero-order valence-corrected chi connectivity index (χ0v) is 12.6. The molecule has 2 aromatic rings. The van der Waals surface area contributed by atoms with Crippen LogP contribution < -0.4 is 15.8 Å². The van der Waals surface area contributed by atoms with Crippen molar-refractivity contribution in [1.82, 2.24) is 24.2 Å². The third-order valence-electron chi connectivity index (χ3n) is 4.65. The van der Waals surface area contributed by atoms with E-state index >= 15 is 0 Å². The lowest BCUT2D eigenvalue weighted by molar-refractivity contribution is 0.0240. The van der Waals surface area contributed by atoms with Gasteiger partial charge in [0.2, 0.25) is 5.95 Å². The Morgan fingerprint density at radius 3 is 2.90 bits per heavy atom. The number of rotatable bonds is 3. The summed E-state index contributed by atoms with van der Waals surface area (Å²) in [6, 6.07) is 0.588. The van der Waals surface area contributed by atoms with Gasteiger partial charge in [0.1, 0.15) is 5.52 Å². The largest absolute Gasteiger partial charge is 0.368 e. The van der Waals surface area contributed by atoms with Crippen molar-refractivity contribution >= 4 is 35.1 Å². The number of aromatic amines is 1. The molecule has 2 fully saturated rings. The molecule has 2 aromatic heterocycles. The zero-order chi connectivity index (χ0) is 14.6. The summed E-state index contributed by atoms with van der Waals surface area (Å²) < 4.78 is 2.14. The standard InChI is InChI=1S/C12H18N8S/c1-19(21-14)7-2-12(3-7)4-20(5-12)10-8-9(16-6-15-8)17-11(13)18-10/h6-7H,2-5,14H2,1H3,(H3,13,15,16,17,18). The first kappa shape index (κ1) is 13.1. The van der Waals surface area contributed by atoms with E-state index in [1.807, 2.05) is 0 Å². The van der Waals surface area contributed by atoms with Crippen LogP contribution in [0.1, 0.15) is 12.8 Å².